The topological polar surface area (TPSA) is 73.2 Å². The van der Waals surface area contributed by atoms with E-state index >= 15 is 0 Å². The number of amides is 3. The van der Waals surface area contributed by atoms with Gasteiger partial charge in [-0.25, -0.2) is 4.79 Å². The lowest BCUT2D eigenvalue weighted by Crippen LogP contribution is -2.43. The van der Waals surface area contributed by atoms with Gasteiger partial charge in [-0.15, -0.1) is 0 Å². The Bertz CT molecular complexity index is 618. The van der Waals surface area contributed by atoms with Crippen LogP contribution in [0, 0.1) is 17.2 Å². The molecule has 0 aromatic heterocycles. The third-order valence-electron chi connectivity index (χ3n) is 4.24. The lowest BCUT2D eigenvalue weighted by Gasteiger charge is -2.26. The fraction of sp³-hybridized carbons (Fsp3) is 0.471. The second-order valence-electron chi connectivity index (χ2n) is 5.69. The van der Waals surface area contributed by atoms with Gasteiger partial charge in [0.15, 0.2) is 0 Å². The van der Waals surface area contributed by atoms with Crippen LogP contribution in [0.15, 0.2) is 24.3 Å². The van der Waals surface area contributed by atoms with Gasteiger partial charge in [-0.1, -0.05) is 38.1 Å². The zero-order valence-electron chi connectivity index (χ0n) is 13.2. The van der Waals surface area contributed by atoms with E-state index < -0.39 is 11.6 Å². The molecule has 1 aliphatic heterocycles. The lowest BCUT2D eigenvalue weighted by molar-refractivity contribution is -0.132. The van der Waals surface area contributed by atoms with Crippen molar-refractivity contribution in [1.82, 2.24) is 10.2 Å². The molecular formula is C17H21N3O2. The molecule has 3 amide bonds. The summed E-state index contributed by atoms with van der Waals surface area (Å²) >= 11 is 0. The number of nitriles is 1. The Labute approximate surface area is 130 Å². The van der Waals surface area contributed by atoms with Crippen LogP contribution in [0.3, 0.4) is 0 Å². The van der Waals surface area contributed by atoms with Gasteiger partial charge in [-0.2, -0.15) is 5.26 Å². The smallest absolute Gasteiger partial charge is 0.319 e. The van der Waals surface area contributed by atoms with Gasteiger partial charge in [0, 0.05) is 6.54 Å². The average Bonchev–Trinajstić information content (AvgIpc) is 2.79. The minimum atomic E-state index is -1.02. The van der Waals surface area contributed by atoms with E-state index in [0.717, 1.165) is 16.9 Å². The highest BCUT2D eigenvalue weighted by molar-refractivity contribution is 6.07. The van der Waals surface area contributed by atoms with E-state index in [2.05, 4.69) is 18.3 Å². The molecule has 1 heterocycles. The van der Waals surface area contributed by atoms with Crippen molar-refractivity contribution >= 4 is 11.9 Å². The van der Waals surface area contributed by atoms with Crippen LogP contribution >= 0.6 is 0 Å². The highest BCUT2D eigenvalue weighted by Gasteiger charge is 2.51. The molecule has 1 N–H and O–H groups in total. The number of rotatable bonds is 5. The molecule has 5 heteroatoms. The number of urea groups is 1. The summed E-state index contributed by atoms with van der Waals surface area (Å²) in [6.07, 6.45) is 1.39. The SMILES string of the molecule is CCc1ccc(C2(CC)NC(=O)N(CC(C)C#N)C2=O)cc1. The molecule has 0 aliphatic carbocycles. The van der Waals surface area contributed by atoms with Crippen LogP contribution in [0.5, 0.6) is 0 Å². The molecule has 1 saturated heterocycles. The maximum atomic E-state index is 12.8. The van der Waals surface area contributed by atoms with Crippen molar-refractivity contribution in [2.45, 2.75) is 39.2 Å². The van der Waals surface area contributed by atoms with E-state index in [-0.39, 0.29) is 18.4 Å². The largest absolute Gasteiger partial charge is 0.325 e. The third-order valence-corrected chi connectivity index (χ3v) is 4.24. The minimum Gasteiger partial charge on any atom is -0.319 e. The summed E-state index contributed by atoms with van der Waals surface area (Å²) in [6, 6.07) is 9.40. The zero-order chi connectivity index (χ0) is 16.3. The van der Waals surface area contributed by atoms with Crippen molar-refractivity contribution in [2.75, 3.05) is 6.54 Å². The maximum absolute atomic E-state index is 12.8. The van der Waals surface area contributed by atoms with Crippen molar-refractivity contribution in [2.24, 2.45) is 5.92 Å². The first kappa shape index (κ1) is 16.0. The van der Waals surface area contributed by atoms with Crippen molar-refractivity contribution in [1.29, 1.82) is 5.26 Å². The van der Waals surface area contributed by atoms with Crippen LogP contribution in [0.2, 0.25) is 0 Å². The predicted molar refractivity (Wildman–Crippen MR) is 82.8 cm³/mol. The van der Waals surface area contributed by atoms with Gasteiger partial charge in [0.25, 0.3) is 5.91 Å². The van der Waals surface area contributed by atoms with Crippen LogP contribution in [-0.4, -0.2) is 23.4 Å². The highest BCUT2D eigenvalue weighted by atomic mass is 16.2. The first-order valence-electron chi connectivity index (χ1n) is 7.61. The Morgan fingerprint density at radius 2 is 1.91 bits per heavy atom. The molecule has 2 atom stereocenters. The van der Waals surface area contributed by atoms with E-state index in [9.17, 15) is 9.59 Å². The molecule has 0 radical (unpaired) electrons. The van der Waals surface area contributed by atoms with Crippen LogP contribution in [0.4, 0.5) is 4.79 Å². The monoisotopic (exact) mass is 299 g/mol. The molecule has 1 aromatic carbocycles. The summed E-state index contributed by atoms with van der Waals surface area (Å²) < 4.78 is 0. The second-order valence-corrected chi connectivity index (χ2v) is 5.69. The van der Waals surface area contributed by atoms with E-state index in [0.29, 0.717) is 6.42 Å². The molecule has 2 unspecified atom stereocenters. The van der Waals surface area contributed by atoms with Gasteiger partial charge in [-0.05, 0) is 30.9 Å². The van der Waals surface area contributed by atoms with E-state index in [1.807, 2.05) is 31.2 Å². The molecule has 0 saturated carbocycles. The third kappa shape index (κ3) is 2.57. The normalized spacial score (nSPS) is 22.4. The van der Waals surface area contributed by atoms with Crippen molar-refractivity contribution in [3.8, 4) is 6.07 Å². The van der Waals surface area contributed by atoms with Gasteiger partial charge in [0.1, 0.15) is 5.54 Å². The Hall–Kier alpha value is -2.35. The van der Waals surface area contributed by atoms with E-state index in [1.54, 1.807) is 6.92 Å². The number of imide groups is 1. The Morgan fingerprint density at radius 1 is 1.27 bits per heavy atom. The summed E-state index contributed by atoms with van der Waals surface area (Å²) in [6.45, 7) is 5.76. The predicted octanol–water partition coefficient (Wildman–Crippen LogP) is 2.57. The molecule has 1 aromatic rings. The number of carbonyl (C=O) groups excluding carboxylic acids is 2. The highest BCUT2D eigenvalue weighted by Crippen LogP contribution is 2.33. The molecule has 5 nitrogen and oxygen atoms in total. The van der Waals surface area contributed by atoms with E-state index in [1.165, 1.54) is 5.56 Å². The van der Waals surface area contributed by atoms with Gasteiger partial charge in [-0.3, -0.25) is 9.69 Å². The van der Waals surface area contributed by atoms with Gasteiger partial charge in [0.05, 0.1) is 12.0 Å². The lowest BCUT2D eigenvalue weighted by atomic mass is 9.86. The summed E-state index contributed by atoms with van der Waals surface area (Å²) in [5.74, 6) is -0.656. The summed E-state index contributed by atoms with van der Waals surface area (Å²) in [5.41, 5.74) is 0.956. The van der Waals surface area contributed by atoms with Crippen LogP contribution in [0.25, 0.3) is 0 Å². The van der Waals surface area contributed by atoms with Crippen LogP contribution < -0.4 is 5.32 Å². The molecular weight excluding hydrogens is 278 g/mol. The number of nitrogens with one attached hydrogen (secondary N) is 1. The second kappa shape index (κ2) is 6.18. The van der Waals surface area contributed by atoms with Gasteiger partial charge < -0.3 is 5.32 Å². The summed E-state index contributed by atoms with van der Waals surface area (Å²) in [7, 11) is 0. The first-order valence-corrected chi connectivity index (χ1v) is 7.61. The standard InChI is InChI=1S/C17H21N3O2/c1-4-13-6-8-14(9-7-13)17(5-2)15(21)20(16(22)19-17)11-12(3)10-18/h6-9,12H,4-5,11H2,1-3H3,(H,19,22). The molecule has 2 rings (SSSR count). The number of hydrogen-bond acceptors (Lipinski definition) is 3. The van der Waals surface area contributed by atoms with Crippen molar-refractivity contribution in [3.05, 3.63) is 35.4 Å². The zero-order valence-corrected chi connectivity index (χ0v) is 13.2. The van der Waals surface area contributed by atoms with Gasteiger partial charge in [0.2, 0.25) is 0 Å². The molecule has 22 heavy (non-hydrogen) atoms. The first-order chi connectivity index (χ1) is 10.5. The molecule has 1 fully saturated rings. The van der Waals surface area contributed by atoms with Crippen LogP contribution in [0.1, 0.15) is 38.3 Å². The van der Waals surface area contributed by atoms with Crippen molar-refractivity contribution in [3.63, 3.8) is 0 Å². The molecule has 0 spiro atoms. The van der Waals surface area contributed by atoms with Gasteiger partial charge >= 0.3 is 6.03 Å². The molecule has 1 aliphatic rings. The number of aryl methyl sites for hydroxylation is 1. The fourth-order valence-corrected chi connectivity index (χ4v) is 2.77. The van der Waals surface area contributed by atoms with E-state index in [4.69, 9.17) is 5.26 Å². The van der Waals surface area contributed by atoms with Crippen molar-refractivity contribution < 1.29 is 9.59 Å². The number of carbonyl (C=O) groups is 2. The summed E-state index contributed by atoms with van der Waals surface area (Å²) in [4.78, 5) is 26.2. The average molecular weight is 299 g/mol. The maximum Gasteiger partial charge on any atom is 0.325 e. The Kier molecular flexibility index (Phi) is 4.51. The molecule has 0 bridgehead atoms. The quantitative estimate of drug-likeness (QED) is 0.849. The number of nitrogens with zero attached hydrogens (tertiary/aromatic N) is 2. The summed E-state index contributed by atoms with van der Waals surface area (Å²) in [5, 5.41) is 11.7. The Morgan fingerprint density at radius 3 is 2.41 bits per heavy atom. The fourth-order valence-electron chi connectivity index (χ4n) is 2.77. The minimum absolute atomic E-state index is 0.121. The number of benzene rings is 1. The molecule has 116 valence electrons. The number of hydrogen-bond donors (Lipinski definition) is 1. The Balaban J connectivity index is 2.36. The van der Waals surface area contributed by atoms with Crippen LogP contribution in [-0.2, 0) is 16.8 Å².